The first-order valence-electron chi connectivity index (χ1n) is 5.82. The summed E-state index contributed by atoms with van der Waals surface area (Å²) in [6.45, 7) is 2.51. The van der Waals surface area contributed by atoms with E-state index in [1.165, 1.54) is 11.8 Å². The molecule has 0 aliphatic carbocycles. The minimum Gasteiger partial charge on any atom is -0.337 e. The van der Waals surface area contributed by atoms with Crippen LogP contribution in [0.3, 0.4) is 0 Å². The number of non-ortho nitro benzene ring substituents is 1. The summed E-state index contributed by atoms with van der Waals surface area (Å²) in [6, 6.07) is 2.16. The molecular formula is C12H13FN2O3S. The number of nitro benzene ring substituents is 1. The Morgan fingerprint density at radius 1 is 1.42 bits per heavy atom. The summed E-state index contributed by atoms with van der Waals surface area (Å²) in [5.74, 6) is 0.473. The maximum atomic E-state index is 14.0. The lowest BCUT2D eigenvalue weighted by molar-refractivity contribution is -0.385. The van der Waals surface area contributed by atoms with E-state index >= 15 is 0 Å². The van der Waals surface area contributed by atoms with E-state index < -0.39 is 16.6 Å². The smallest absolute Gasteiger partial charge is 0.270 e. The van der Waals surface area contributed by atoms with Gasteiger partial charge in [0.05, 0.1) is 10.5 Å². The lowest BCUT2D eigenvalue weighted by Crippen LogP contribution is -2.38. The molecule has 2 rings (SSSR count). The standard InChI is InChI=1S/C12H13FN2O3S/c1-8-6-9(15(17)18)7-10(11(8)13)12(16)14-2-4-19-5-3-14/h6-7H,2-5H2,1H3. The van der Waals surface area contributed by atoms with Gasteiger partial charge in [-0.05, 0) is 12.5 Å². The van der Waals surface area contributed by atoms with E-state index in [2.05, 4.69) is 0 Å². The first-order chi connectivity index (χ1) is 9.00. The predicted molar refractivity (Wildman–Crippen MR) is 71.0 cm³/mol. The van der Waals surface area contributed by atoms with Crippen LogP contribution in [0.1, 0.15) is 15.9 Å². The van der Waals surface area contributed by atoms with Crippen LogP contribution >= 0.6 is 11.8 Å². The number of thioether (sulfide) groups is 1. The van der Waals surface area contributed by atoms with Gasteiger partial charge in [0.2, 0.25) is 0 Å². The summed E-state index contributed by atoms with van der Waals surface area (Å²) in [7, 11) is 0. The van der Waals surface area contributed by atoms with Gasteiger partial charge in [-0.3, -0.25) is 14.9 Å². The SMILES string of the molecule is Cc1cc([N+](=O)[O-])cc(C(=O)N2CCSCC2)c1F. The molecule has 102 valence electrons. The van der Waals surface area contributed by atoms with Crippen molar-refractivity contribution < 1.29 is 14.1 Å². The molecule has 1 aliphatic rings. The topological polar surface area (TPSA) is 63.5 Å². The van der Waals surface area contributed by atoms with Crippen LogP contribution in [0.25, 0.3) is 0 Å². The fourth-order valence-corrected chi connectivity index (χ4v) is 2.85. The Hall–Kier alpha value is -1.63. The van der Waals surface area contributed by atoms with Crippen LogP contribution in [0.15, 0.2) is 12.1 Å². The van der Waals surface area contributed by atoms with Crippen molar-refractivity contribution in [1.82, 2.24) is 4.90 Å². The number of carbonyl (C=O) groups excluding carboxylic acids is 1. The maximum absolute atomic E-state index is 14.0. The van der Waals surface area contributed by atoms with E-state index in [0.29, 0.717) is 13.1 Å². The zero-order valence-electron chi connectivity index (χ0n) is 10.4. The van der Waals surface area contributed by atoms with Crippen molar-refractivity contribution in [2.75, 3.05) is 24.6 Å². The van der Waals surface area contributed by atoms with Gasteiger partial charge in [-0.25, -0.2) is 4.39 Å². The van der Waals surface area contributed by atoms with E-state index in [1.807, 2.05) is 0 Å². The van der Waals surface area contributed by atoms with Gasteiger partial charge in [0.1, 0.15) is 5.82 Å². The molecule has 19 heavy (non-hydrogen) atoms. The van der Waals surface area contributed by atoms with E-state index in [9.17, 15) is 19.3 Å². The Bertz CT molecular complexity index is 530. The van der Waals surface area contributed by atoms with Crippen molar-refractivity contribution in [2.45, 2.75) is 6.92 Å². The highest BCUT2D eigenvalue weighted by atomic mass is 32.2. The average Bonchev–Trinajstić information content (AvgIpc) is 2.41. The molecule has 1 aromatic rings. The lowest BCUT2D eigenvalue weighted by Gasteiger charge is -2.26. The Morgan fingerprint density at radius 3 is 2.63 bits per heavy atom. The Morgan fingerprint density at radius 2 is 2.05 bits per heavy atom. The van der Waals surface area contributed by atoms with Gasteiger partial charge in [0.25, 0.3) is 11.6 Å². The minimum atomic E-state index is -0.672. The molecule has 0 atom stereocenters. The number of rotatable bonds is 2. The van der Waals surface area contributed by atoms with E-state index in [1.54, 1.807) is 11.8 Å². The van der Waals surface area contributed by atoms with Crippen LogP contribution in [0.5, 0.6) is 0 Å². The first-order valence-corrected chi connectivity index (χ1v) is 6.97. The van der Waals surface area contributed by atoms with E-state index in [0.717, 1.165) is 23.6 Å². The van der Waals surface area contributed by atoms with Gasteiger partial charge in [-0.15, -0.1) is 0 Å². The van der Waals surface area contributed by atoms with Crippen molar-refractivity contribution in [3.8, 4) is 0 Å². The molecule has 1 fully saturated rings. The molecule has 1 aliphatic heterocycles. The van der Waals surface area contributed by atoms with Crippen molar-refractivity contribution in [3.05, 3.63) is 39.2 Å². The number of hydrogen-bond acceptors (Lipinski definition) is 4. The normalized spacial score (nSPS) is 15.4. The summed E-state index contributed by atoms with van der Waals surface area (Å²) in [5.41, 5.74) is -0.351. The van der Waals surface area contributed by atoms with Crippen LogP contribution in [0.4, 0.5) is 10.1 Å². The van der Waals surface area contributed by atoms with Gasteiger partial charge in [-0.2, -0.15) is 11.8 Å². The number of aryl methyl sites for hydroxylation is 1. The molecule has 0 spiro atoms. The second-order valence-electron chi connectivity index (χ2n) is 4.29. The molecular weight excluding hydrogens is 271 g/mol. The molecule has 7 heteroatoms. The fraction of sp³-hybridized carbons (Fsp3) is 0.417. The maximum Gasteiger partial charge on any atom is 0.270 e. The zero-order chi connectivity index (χ0) is 14.0. The second kappa shape index (κ2) is 5.56. The van der Waals surface area contributed by atoms with Crippen molar-refractivity contribution in [1.29, 1.82) is 0 Å². The monoisotopic (exact) mass is 284 g/mol. The van der Waals surface area contributed by atoms with Crippen LogP contribution in [-0.4, -0.2) is 40.3 Å². The van der Waals surface area contributed by atoms with Crippen LogP contribution < -0.4 is 0 Å². The van der Waals surface area contributed by atoms with Gasteiger partial charge in [-0.1, -0.05) is 0 Å². The van der Waals surface area contributed by atoms with Gasteiger partial charge < -0.3 is 4.90 Å². The third kappa shape index (κ3) is 2.86. The first kappa shape index (κ1) is 13.8. The second-order valence-corrected chi connectivity index (χ2v) is 5.51. The molecule has 0 aromatic heterocycles. The molecule has 5 nitrogen and oxygen atoms in total. The van der Waals surface area contributed by atoms with Crippen molar-refractivity contribution >= 4 is 23.4 Å². The highest BCUT2D eigenvalue weighted by Crippen LogP contribution is 2.23. The Labute approximate surface area is 113 Å². The number of benzene rings is 1. The molecule has 0 saturated carbocycles. The van der Waals surface area contributed by atoms with Crippen LogP contribution in [0, 0.1) is 22.9 Å². The van der Waals surface area contributed by atoms with Gasteiger partial charge in [0.15, 0.2) is 0 Å². The van der Waals surface area contributed by atoms with Crippen molar-refractivity contribution in [3.63, 3.8) is 0 Å². The molecule has 1 heterocycles. The Balaban J connectivity index is 2.37. The molecule has 0 bridgehead atoms. The number of nitrogens with zero attached hydrogens (tertiary/aromatic N) is 2. The summed E-state index contributed by atoms with van der Waals surface area (Å²) < 4.78 is 14.0. The molecule has 1 aromatic carbocycles. The number of amides is 1. The van der Waals surface area contributed by atoms with Crippen molar-refractivity contribution in [2.24, 2.45) is 0 Å². The van der Waals surface area contributed by atoms with Crippen LogP contribution in [0.2, 0.25) is 0 Å². The summed E-state index contributed by atoms with van der Waals surface area (Å²) in [4.78, 5) is 23.9. The third-order valence-corrected chi connectivity index (χ3v) is 3.92. The molecule has 0 radical (unpaired) electrons. The molecule has 0 unspecified atom stereocenters. The highest BCUT2D eigenvalue weighted by molar-refractivity contribution is 7.99. The number of hydrogen-bond donors (Lipinski definition) is 0. The van der Waals surface area contributed by atoms with E-state index in [4.69, 9.17) is 0 Å². The number of nitro groups is 1. The largest absolute Gasteiger partial charge is 0.337 e. The van der Waals surface area contributed by atoms with Crippen LogP contribution in [-0.2, 0) is 0 Å². The lowest BCUT2D eigenvalue weighted by atomic mass is 10.1. The number of carbonyl (C=O) groups is 1. The highest BCUT2D eigenvalue weighted by Gasteiger charge is 2.24. The molecule has 0 N–H and O–H groups in total. The average molecular weight is 284 g/mol. The van der Waals surface area contributed by atoms with Gasteiger partial charge >= 0.3 is 0 Å². The molecule has 1 saturated heterocycles. The Kier molecular flexibility index (Phi) is 4.04. The number of halogens is 1. The summed E-state index contributed by atoms with van der Waals surface area (Å²) >= 11 is 1.73. The summed E-state index contributed by atoms with van der Waals surface area (Å²) in [5, 5.41) is 10.8. The quantitative estimate of drug-likeness (QED) is 0.617. The van der Waals surface area contributed by atoms with E-state index in [-0.39, 0.29) is 16.8 Å². The fourth-order valence-electron chi connectivity index (χ4n) is 1.95. The predicted octanol–water partition coefficient (Wildman–Crippen LogP) is 2.23. The van der Waals surface area contributed by atoms with Gasteiger partial charge in [0, 0.05) is 36.7 Å². The zero-order valence-corrected chi connectivity index (χ0v) is 11.2. The third-order valence-electron chi connectivity index (χ3n) is 2.98. The summed E-state index contributed by atoms with van der Waals surface area (Å²) in [6.07, 6.45) is 0. The molecule has 1 amide bonds. The minimum absolute atomic E-state index is 0.115.